The van der Waals surface area contributed by atoms with Crippen LogP contribution >= 0.6 is 11.6 Å². The van der Waals surface area contributed by atoms with E-state index in [1.54, 1.807) is 24.3 Å². The number of fused-ring (bicyclic) bond motifs is 1. The lowest BCUT2D eigenvalue weighted by molar-refractivity contribution is -0.143. The average Bonchev–Trinajstić information content (AvgIpc) is 2.56. The van der Waals surface area contributed by atoms with Crippen molar-refractivity contribution in [2.24, 2.45) is 0 Å². The van der Waals surface area contributed by atoms with Crippen LogP contribution in [0.15, 0.2) is 42.5 Å². The molecule has 3 nitrogen and oxygen atoms in total. The van der Waals surface area contributed by atoms with Gasteiger partial charge < -0.3 is 5.32 Å². The first kappa shape index (κ1) is 18.2. The normalized spacial score (nSPS) is 12.4. The quantitative estimate of drug-likeness (QED) is 0.539. The number of alkyl halides is 6. The summed E-state index contributed by atoms with van der Waals surface area (Å²) >= 11 is 5.90. The summed E-state index contributed by atoms with van der Waals surface area (Å²) in [6.45, 7) is 0. The number of anilines is 2. The van der Waals surface area contributed by atoms with Crippen molar-refractivity contribution in [2.45, 2.75) is 12.4 Å². The second-order valence-electron chi connectivity index (χ2n) is 5.30. The summed E-state index contributed by atoms with van der Waals surface area (Å²) in [5.41, 5.74) is -3.28. The van der Waals surface area contributed by atoms with E-state index < -0.39 is 29.2 Å². The van der Waals surface area contributed by atoms with E-state index in [0.29, 0.717) is 22.9 Å². The molecule has 0 amide bonds. The van der Waals surface area contributed by atoms with Crippen LogP contribution in [-0.4, -0.2) is 10.2 Å². The molecule has 0 saturated heterocycles. The van der Waals surface area contributed by atoms with Crippen molar-refractivity contribution >= 4 is 33.9 Å². The predicted molar refractivity (Wildman–Crippen MR) is 84.3 cm³/mol. The van der Waals surface area contributed by atoms with Crippen molar-refractivity contribution < 1.29 is 26.3 Å². The Kier molecular flexibility index (Phi) is 4.43. The number of rotatable bonds is 2. The summed E-state index contributed by atoms with van der Waals surface area (Å²) in [5.74, 6) is -0.0163. The fourth-order valence-electron chi connectivity index (χ4n) is 2.33. The van der Waals surface area contributed by atoms with E-state index in [0.717, 1.165) is 0 Å². The molecule has 3 rings (SSSR count). The van der Waals surface area contributed by atoms with E-state index in [4.69, 9.17) is 11.6 Å². The molecule has 1 heterocycles. The molecule has 136 valence electrons. The highest BCUT2D eigenvalue weighted by Crippen LogP contribution is 2.38. The van der Waals surface area contributed by atoms with Crippen molar-refractivity contribution in [1.82, 2.24) is 10.2 Å². The van der Waals surface area contributed by atoms with Gasteiger partial charge in [-0.3, -0.25) is 0 Å². The molecule has 0 fully saturated rings. The molecule has 0 atom stereocenters. The summed E-state index contributed by atoms with van der Waals surface area (Å²) in [5, 5.41) is 10.8. The molecular weight excluding hydrogens is 384 g/mol. The van der Waals surface area contributed by atoms with Gasteiger partial charge >= 0.3 is 12.4 Å². The van der Waals surface area contributed by atoms with Gasteiger partial charge in [-0.25, -0.2) is 0 Å². The van der Waals surface area contributed by atoms with Gasteiger partial charge in [-0.05, 0) is 18.2 Å². The van der Waals surface area contributed by atoms with Gasteiger partial charge in [0.15, 0.2) is 11.0 Å². The minimum Gasteiger partial charge on any atom is -0.338 e. The van der Waals surface area contributed by atoms with Gasteiger partial charge in [0.25, 0.3) is 0 Å². The minimum atomic E-state index is -4.94. The zero-order valence-corrected chi connectivity index (χ0v) is 13.3. The summed E-state index contributed by atoms with van der Waals surface area (Å²) in [6, 6.07) is 7.64. The maximum atomic E-state index is 12.9. The SMILES string of the molecule is FC(F)(F)c1cc(Nc2nnc(Cl)c3ccccc23)cc(C(F)(F)F)c1. The second-order valence-corrected chi connectivity index (χ2v) is 5.66. The van der Waals surface area contributed by atoms with Crippen LogP contribution in [0, 0.1) is 0 Å². The number of benzene rings is 2. The lowest BCUT2D eigenvalue weighted by atomic mass is 10.1. The molecule has 2 aromatic carbocycles. The summed E-state index contributed by atoms with van der Waals surface area (Å²) < 4.78 is 77.6. The third-order valence-electron chi connectivity index (χ3n) is 3.49. The molecule has 0 spiro atoms. The van der Waals surface area contributed by atoms with Crippen LogP contribution in [0.25, 0.3) is 10.8 Å². The minimum absolute atomic E-state index is 0.0163. The summed E-state index contributed by atoms with van der Waals surface area (Å²) in [7, 11) is 0. The first-order valence-corrected chi connectivity index (χ1v) is 7.41. The largest absolute Gasteiger partial charge is 0.416 e. The van der Waals surface area contributed by atoms with E-state index in [9.17, 15) is 26.3 Å². The molecule has 0 aliphatic carbocycles. The van der Waals surface area contributed by atoms with Crippen molar-refractivity contribution in [3.8, 4) is 0 Å². The molecule has 0 saturated carbocycles. The third kappa shape index (κ3) is 3.67. The van der Waals surface area contributed by atoms with Crippen molar-refractivity contribution in [2.75, 3.05) is 5.32 Å². The van der Waals surface area contributed by atoms with Gasteiger partial charge in [0.2, 0.25) is 0 Å². The Morgan fingerprint density at radius 1 is 0.769 bits per heavy atom. The number of nitrogens with zero attached hydrogens (tertiary/aromatic N) is 2. The number of hydrogen-bond donors (Lipinski definition) is 1. The Hall–Kier alpha value is -2.55. The van der Waals surface area contributed by atoms with Crippen LogP contribution in [0.2, 0.25) is 5.15 Å². The van der Waals surface area contributed by atoms with Crippen molar-refractivity contribution in [3.63, 3.8) is 0 Å². The van der Waals surface area contributed by atoms with E-state index in [-0.39, 0.29) is 17.0 Å². The first-order valence-electron chi connectivity index (χ1n) is 7.03. The van der Waals surface area contributed by atoms with Gasteiger partial charge in [-0.1, -0.05) is 35.9 Å². The topological polar surface area (TPSA) is 37.8 Å². The highest BCUT2D eigenvalue weighted by Gasteiger charge is 2.37. The zero-order chi connectivity index (χ0) is 19.1. The lowest BCUT2D eigenvalue weighted by Gasteiger charge is -2.15. The van der Waals surface area contributed by atoms with Gasteiger partial charge in [0, 0.05) is 16.5 Å². The van der Waals surface area contributed by atoms with Crippen molar-refractivity contribution in [1.29, 1.82) is 0 Å². The van der Waals surface area contributed by atoms with Crippen LogP contribution < -0.4 is 5.32 Å². The maximum absolute atomic E-state index is 12.9. The van der Waals surface area contributed by atoms with Gasteiger partial charge in [0.05, 0.1) is 11.1 Å². The van der Waals surface area contributed by atoms with E-state index in [1.807, 2.05) is 0 Å². The molecule has 0 unspecified atom stereocenters. The smallest absolute Gasteiger partial charge is 0.338 e. The molecule has 0 radical (unpaired) electrons. The molecule has 0 aliphatic heterocycles. The number of nitrogens with one attached hydrogen (secondary N) is 1. The van der Waals surface area contributed by atoms with Crippen LogP contribution in [0.3, 0.4) is 0 Å². The average molecular weight is 392 g/mol. The summed E-state index contributed by atoms with van der Waals surface area (Å²) in [6.07, 6.45) is -9.88. The van der Waals surface area contributed by atoms with Gasteiger partial charge in [0.1, 0.15) is 0 Å². The predicted octanol–water partition coefficient (Wildman–Crippen LogP) is 6.06. The fourth-order valence-corrected chi connectivity index (χ4v) is 2.53. The number of halogens is 7. The number of aromatic nitrogens is 2. The molecule has 3 aromatic rings. The second kappa shape index (κ2) is 6.31. The van der Waals surface area contributed by atoms with Crippen LogP contribution in [0.4, 0.5) is 37.8 Å². The van der Waals surface area contributed by atoms with E-state index in [1.165, 1.54) is 0 Å². The molecule has 26 heavy (non-hydrogen) atoms. The molecule has 1 N–H and O–H groups in total. The molecule has 10 heteroatoms. The van der Waals surface area contributed by atoms with Gasteiger partial charge in [-0.2, -0.15) is 26.3 Å². The Bertz CT molecular complexity index is 936. The highest BCUT2D eigenvalue weighted by atomic mass is 35.5. The van der Waals surface area contributed by atoms with Gasteiger partial charge in [-0.15, -0.1) is 10.2 Å². The van der Waals surface area contributed by atoms with Crippen LogP contribution in [0.5, 0.6) is 0 Å². The van der Waals surface area contributed by atoms with Crippen LogP contribution in [-0.2, 0) is 12.4 Å². The lowest BCUT2D eigenvalue weighted by Crippen LogP contribution is -2.11. The van der Waals surface area contributed by atoms with Crippen LogP contribution in [0.1, 0.15) is 11.1 Å². The summed E-state index contributed by atoms with van der Waals surface area (Å²) in [4.78, 5) is 0. The number of hydrogen-bond acceptors (Lipinski definition) is 3. The molecular formula is C16H8ClF6N3. The van der Waals surface area contributed by atoms with E-state index >= 15 is 0 Å². The molecule has 1 aromatic heterocycles. The Morgan fingerprint density at radius 2 is 1.31 bits per heavy atom. The third-order valence-corrected chi connectivity index (χ3v) is 3.77. The maximum Gasteiger partial charge on any atom is 0.416 e. The Balaban J connectivity index is 2.12. The standard InChI is InChI=1S/C16H8ClF6N3/c17-13-11-3-1-2-4-12(11)14(26-25-13)24-10-6-8(15(18,19)20)5-9(7-10)16(21,22)23/h1-7H,(H,24,26). The molecule has 0 bridgehead atoms. The fraction of sp³-hybridized carbons (Fsp3) is 0.125. The molecule has 0 aliphatic rings. The highest BCUT2D eigenvalue weighted by molar-refractivity contribution is 6.34. The first-order chi connectivity index (χ1) is 12.1. The van der Waals surface area contributed by atoms with Crippen molar-refractivity contribution in [3.05, 3.63) is 58.7 Å². The van der Waals surface area contributed by atoms with E-state index in [2.05, 4.69) is 15.5 Å². The monoisotopic (exact) mass is 391 g/mol. The zero-order valence-electron chi connectivity index (χ0n) is 12.6. The Labute approximate surface area is 147 Å². The Morgan fingerprint density at radius 3 is 1.85 bits per heavy atom.